The third kappa shape index (κ3) is 6.74. The number of hydrogen-bond donors (Lipinski definition) is 2. The summed E-state index contributed by atoms with van der Waals surface area (Å²) in [7, 11) is 1.50. The first kappa shape index (κ1) is 27.2. The van der Waals surface area contributed by atoms with Crippen LogP contribution < -0.4 is 4.74 Å². The highest BCUT2D eigenvalue weighted by molar-refractivity contribution is 7.99. The molecule has 1 aliphatic rings. The van der Waals surface area contributed by atoms with Crippen LogP contribution in [0.15, 0.2) is 47.5 Å². The Balaban J connectivity index is 1.36. The highest BCUT2D eigenvalue weighted by Gasteiger charge is 2.34. The Kier molecular flexibility index (Phi) is 8.94. The second-order valence-corrected chi connectivity index (χ2v) is 10.4. The summed E-state index contributed by atoms with van der Waals surface area (Å²) in [5.74, 6) is -2.49. The van der Waals surface area contributed by atoms with E-state index < -0.39 is 35.4 Å². The molecule has 0 radical (unpaired) electrons. The summed E-state index contributed by atoms with van der Waals surface area (Å²) in [6.07, 6.45) is 1.23. The first-order chi connectivity index (χ1) is 17.7. The quantitative estimate of drug-likeness (QED) is 0.342. The molecule has 0 saturated carbocycles. The lowest BCUT2D eigenvalue weighted by Gasteiger charge is -2.37. The maximum Gasteiger partial charge on any atom is 0.308 e. The van der Waals surface area contributed by atoms with E-state index in [9.17, 15) is 28.2 Å². The fraction of sp³-hybridized carbons (Fsp3) is 0.407. The van der Waals surface area contributed by atoms with Crippen LogP contribution in [0.4, 0.5) is 13.2 Å². The number of thioether (sulfide) groups is 1. The Morgan fingerprint density at radius 3 is 2.68 bits per heavy atom. The number of hydrogen-bond acceptors (Lipinski definition) is 6. The van der Waals surface area contributed by atoms with E-state index >= 15 is 0 Å². The van der Waals surface area contributed by atoms with Crippen LogP contribution in [-0.4, -0.2) is 58.6 Å². The Morgan fingerprint density at radius 1 is 1.22 bits per heavy atom. The van der Waals surface area contributed by atoms with E-state index in [4.69, 9.17) is 4.74 Å². The average Bonchev–Trinajstić information content (AvgIpc) is 2.86. The first-order valence-electron chi connectivity index (χ1n) is 12.1. The van der Waals surface area contributed by atoms with E-state index in [-0.39, 0.29) is 17.9 Å². The number of carboxylic acid groups (broad SMARTS) is 1. The number of aromatic nitrogens is 1. The van der Waals surface area contributed by atoms with Crippen LogP contribution in [-0.2, 0) is 4.79 Å². The molecule has 4 rings (SSSR count). The zero-order valence-corrected chi connectivity index (χ0v) is 21.2. The van der Waals surface area contributed by atoms with Gasteiger partial charge in [-0.15, -0.1) is 11.8 Å². The van der Waals surface area contributed by atoms with Crippen molar-refractivity contribution in [3.8, 4) is 5.75 Å². The van der Waals surface area contributed by atoms with Gasteiger partial charge in [0.15, 0.2) is 0 Å². The molecule has 2 aromatic carbocycles. The van der Waals surface area contributed by atoms with Crippen molar-refractivity contribution in [1.29, 1.82) is 0 Å². The van der Waals surface area contributed by atoms with Gasteiger partial charge in [-0.05, 0) is 62.1 Å². The highest BCUT2D eigenvalue weighted by Crippen LogP contribution is 2.35. The smallest absolute Gasteiger partial charge is 0.308 e. The minimum Gasteiger partial charge on any atom is -0.497 e. The minimum absolute atomic E-state index is 0.138. The topological polar surface area (TPSA) is 82.9 Å². The van der Waals surface area contributed by atoms with Crippen molar-refractivity contribution >= 4 is 28.6 Å². The van der Waals surface area contributed by atoms with Crippen molar-refractivity contribution in [1.82, 2.24) is 9.88 Å². The summed E-state index contributed by atoms with van der Waals surface area (Å²) in [4.78, 5) is 18.6. The number of rotatable bonds is 10. The molecule has 3 unspecified atom stereocenters. The molecule has 10 heteroatoms. The highest BCUT2D eigenvalue weighted by atomic mass is 32.2. The van der Waals surface area contributed by atoms with Gasteiger partial charge in [0.1, 0.15) is 23.2 Å². The van der Waals surface area contributed by atoms with Crippen LogP contribution >= 0.6 is 11.8 Å². The van der Waals surface area contributed by atoms with E-state index in [1.54, 1.807) is 18.2 Å². The summed E-state index contributed by atoms with van der Waals surface area (Å²) < 4.78 is 46.7. The number of carboxylic acids is 1. The fourth-order valence-electron chi connectivity index (χ4n) is 4.95. The van der Waals surface area contributed by atoms with E-state index in [1.165, 1.54) is 31.0 Å². The number of carbonyl (C=O) groups is 1. The molecule has 37 heavy (non-hydrogen) atoms. The molecule has 1 fully saturated rings. The van der Waals surface area contributed by atoms with Crippen molar-refractivity contribution in [2.24, 2.45) is 11.8 Å². The summed E-state index contributed by atoms with van der Waals surface area (Å²) >= 11 is 1.32. The molecular weight excluding hydrogens is 505 g/mol. The number of nitrogens with zero attached hydrogens (tertiary/aromatic N) is 2. The van der Waals surface area contributed by atoms with Gasteiger partial charge >= 0.3 is 5.97 Å². The van der Waals surface area contributed by atoms with Gasteiger partial charge in [-0.1, -0.05) is 0 Å². The van der Waals surface area contributed by atoms with Crippen LogP contribution in [0.1, 0.15) is 30.9 Å². The van der Waals surface area contributed by atoms with Crippen LogP contribution in [0, 0.1) is 29.3 Å². The molecule has 1 aromatic heterocycles. The number of aliphatic hydroxyl groups excluding tert-OH is 1. The number of benzene rings is 2. The Hall–Kier alpha value is -2.82. The second-order valence-electron chi connectivity index (χ2n) is 9.24. The van der Waals surface area contributed by atoms with Crippen molar-refractivity contribution in [2.45, 2.75) is 30.3 Å². The lowest BCUT2D eigenvalue weighted by Crippen LogP contribution is -2.44. The second kappa shape index (κ2) is 12.1. The largest absolute Gasteiger partial charge is 0.497 e. The van der Waals surface area contributed by atoms with E-state index in [0.29, 0.717) is 59.8 Å². The molecule has 1 saturated heterocycles. The number of pyridine rings is 1. The molecular formula is C27H29F3N2O4S. The fourth-order valence-corrected chi connectivity index (χ4v) is 5.93. The van der Waals surface area contributed by atoms with Gasteiger partial charge in [0.2, 0.25) is 0 Å². The Morgan fingerprint density at radius 2 is 1.97 bits per heavy atom. The Bertz CT molecular complexity index is 1240. The first-order valence-corrected chi connectivity index (χ1v) is 13.1. The maximum absolute atomic E-state index is 14.7. The van der Waals surface area contributed by atoms with Gasteiger partial charge in [0, 0.05) is 40.8 Å². The van der Waals surface area contributed by atoms with Crippen LogP contribution in [0.25, 0.3) is 10.9 Å². The molecule has 0 bridgehead atoms. The lowest BCUT2D eigenvalue weighted by atomic mass is 9.81. The van der Waals surface area contributed by atoms with Crippen LogP contribution in [0.3, 0.4) is 0 Å². The molecule has 1 aliphatic heterocycles. The van der Waals surface area contributed by atoms with Gasteiger partial charge in [0.25, 0.3) is 0 Å². The van der Waals surface area contributed by atoms with Crippen molar-refractivity contribution in [3.05, 3.63) is 65.6 Å². The van der Waals surface area contributed by atoms with Crippen molar-refractivity contribution < 1.29 is 32.9 Å². The third-order valence-corrected chi connectivity index (χ3v) is 7.84. The maximum atomic E-state index is 14.7. The predicted octanol–water partition coefficient (Wildman–Crippen LogP) is 5.29. The molecule has 0 amide bonds. The molecule has 2 N–H and O–H groups in total. The standard InChI is InChI=1S/C27H29F3N2O4S/c1-36-19-3-4-24-21(13-19)26(23(30)14-31-24)25(33)5-2-16-6-7-32(15-22(16)27(34)35)8-9-37-20-11-17(28)10-18(29)12-20/h3-4,10-14,16,22,25,33H,2,5-9,15H2,1H3,(H,34,35). The number of halogens is 3. The van der Waals surface area contributed by atoms with Crippen molar-refractivity contribution in [2.75, 3.05) is 32.5 Å². The van der Waals surface area contributed by atoms with Crippen LogP contribution in [0.2, 0.25) is 0 Å². The van der Waals surface area contributed by atoms with E-state index in [2.05, 4.69) is 4.98 Å². The molecule has 2 heterocycles. The molecule has 6 nitrogen and oxygen atoms in total. The molecule has 3 atom stereocenters. The third-order valence-electron chi connectivity index (χ3n) is 6.88. The number of aliphatic hydroxyl groups is 1. The molecule has 198 valence electrons. The average molecular weight is 535 g/mol. The zero-order chi connectivity index (χ0) is 26.5. The van der Waals surface area contributed by atoms with Crippen LogP contribution in [0.5, 0.6) is 5.75 Å². The van der Waals surface area contributed by atoms with Gasteiger partial charge in [-0.25, -0.2) is 13.2 Å². The number of fused-ring (bicyclic) bond motifs is 1. The number of piperidine rings is 1. The number of methoxy groups -OCH3 is 1. The van der Waals surface area contributed by atoms with Gasteiger partial charge < -0.3 is 19.8 Å². The van der Waals surface area contributed by atoms with E-state index in [0.717, 1.165) is 12.3 Å². The van der Waals surface area contributed by atoms with E-state index in [1.807, 2.05) is 4.90 Å². The Labute approximate surface area is 217 Å². The monoisotopic (exact) mass is 534 g/mol. The summed E-state index contributed by atoms with van der Waals surface area (Å²) in [5.41, 5.74) is 0.672. The number of likely N-dealkylation sites (tertiary alicyclic amines) is 1. The summed E-state index contributed by atoms with van der Waals surface area (Å²) in [6.45, 7) is 1.60. The number of ether oxygens (including phenoxy) is 1. The van der Waals surface area contributed by atoms with Crippen molar-refractivity contribution in [3.63, 3.8) is 0 Å². The minimum atomic E-state index is -1.12. The number of aliphatic carboxylic acids is 1. The molecule has 3 aromatic rings. The van der Waals surface area contributed by atoms with Gasteiger partial charge in [-0.2, -0.15) is 0 Å². The summed E-state index contributed by atoms with van der Waals surface area (Å²) in [6, 6.07) is 8.42. The van der Waals surface area contributed by atoms with Gasteiger partial charge in [0.05, 0.1) is 30.8 Å². The lowest BCUT2D eigenvalue weighted by molar-refractivity contribution is -0.146. The molecule has 0 aliphatic carbocycles. The predicted molar refractivity (Wildman–Crippen MR) is 135 cm³/mol. The zero-order valence-electron chi connectivity index (χ0n) is 20.4. The van der Waals surface area contributed by atoms with Gasteiger partial charge in [-0.3, -0.25) is 9.78 Å². The SMILES string of the molecule is COc1ccc2ncc(F)c(C(O)CCC3CCN(CCSc4cc(F)cc(F)c4)CC3C(=O)O)c2c1. The molecule has 0 spiro atoms. The summed E-state index contributed by atoms with van der Waals surface area (Å²) in [5, 5.41) is 21.2. The normalized spacial score (nSPS) is 19.2.